The molecule has 0 heterocycles. The minimum absolute atomic E-state index is 0.0297. The molecule has 0 unspecified atom stereocenters. The van der Waals surface area contributed by atoms with Gasteiger partial charge in [-0.3, -0.25) is 4.79 Å². The highest BCUT2D eigenvalue weighted by Gasteiger charge is 2.53. The van der Waals surface area contributed by atoms with Crippen molar-refractivity contribution in [2.75, 3.05) is 13.7 Å². The zero-order chi connectivity index (χ0) is 21.3. The quantitative estimate of drug-likeness (QED) is 0.526. The third-order valence-electron chi connectivity index (χ3n) is 7.34. The molecule has 0 saturated heterocycles. The van der Waals surface area contributed by atoms with Gasteiger partial charge in [0.05, 0.1) is 7.11 Å². The number of esters is 1. The summed E-state index contributed by atoms with van der Waals surface area (Å²) in [5, 5.41) is 12.7. The first kappa shape index (κ1) is 20.8. The first-order valence-electron chi connectivity index (χ1n) is 10.9. The number of nitrogens with one attached hydrogen (secondary N) is 1. The van der Waals surface area contributed by atoms with Crippen molar-refractivity contribution in [1.29, 1.82) is 0 Å². The first-order chi connectivity index (χ1) is 14.4. The van der Waals surface area contributed by atoms with Gasteiger partial charge in [0.15, 0.2) is 18.1 Å². The lowest BCUT2D eigenvalue weighted by Gasteiger charge is -2.59. The van der Waals surface area contributed by atoms with Crippen LogP contribution in [0.4, 0.5) is 0 Å². The maximum Gasteiger partial charge on any atom is 0.331 e. The van der Waals surface area contributed by atoms with Gasteiger partial charge in [-0.15, -0.1) is 0 Å². The fourth-order valence-electron chi connectivity index (χ4n) is 6.29. The molecule has 4 aliphatic carbocycles. The maximum absolute atomic E-state index is 12.4. The zero-order valence-electron chi connectivity index (χ0n) is 17.7. The highest BCUT2D eigenvalue weighted by molar-refractivity contribution is 5.89. The number of methoxy groups -OCH3 is 1. The highest BCUT2D eigenvalue weighted by Crippen LogP contribution is 2.61. The second-order valence-electron chi connectivity index (χ2n) is 9.44. The second-order valence-corrected chi connectivity index (χ2v) is 9.44. The Bertz CT molecular complexity index is 811. The fourth-order valence-corrected chi connectivity index (χ4v) is 6.29. The lowest BCUT2D eigenvalue weighted by Crippen LogP contribution is -2.56. The van der Waals surface area contributed by atoms with Crippen LogP contribution < -0.4 is 10.1 Å². The van der Waals surface area contributed by atoms with Gasteiger partial charge in [0.1, 0.15) is 0 Å². The summed E-state index contributed by atoms with van der Waals surface area (Å²) in [5.74, 6) is 2.02. The molecule has 162 valence electrons. The SMILES string of the molecule is COc1cc(/C=C/C(=O)OCC(=O)N[C@H](C)C23CC4CC(CC(C4)C2)C3)ccc1O. The highest BCUT2D eigenvalue weighted by atomic mass is 16.5. The van der Waals surface area contributed by atoms with E-state index in [0.29, 0.717) is 11.3 Å². The summed E-state index contributed by atoms with van der Waals surface area (Å²) in [6.45, 7) is 1.84. The summed E-state index contributed by atoms with van der Waals surface area (Å²) in [5.41, 5.74) is 0.910. The van der Waals surface area contributed by atoms with Crippen molar-refractivity contribution < 1.29 is 24.2 Å². The van der Waals surface area contributed by atoms with Crippen LogP contribution in [0.25, 0.3) is 6.08 Å². The molecule has 1 amide bonds. The van der Waals surface area contributed by atoms with Crippen LogP contribution in [0.15, 0.2) is 24.3 Å². The number of ether oxygens (including phenoxy) is 2. The van der Waals surface area contributed by atoms with Gasteiger partial charge in [-0.2, -0.15) is 0 Å². The van der Waals surface area contributed by atoms with E-state index in [0.717, 1.165) is 17.8 Å². The largest absolute Gasteiger partial charge is 0.504 e. The van der Waals surface area contributed by atoms with E-state index in [1.54, 1.807) is 18.2 Å². The summed E-state index contributed by atoms with van der Waals surface area (Å²) in [6, 6.07) is 4.86. The number of hydrogen-bond donors (Lipinski definition) is 2. The lowest BCUT2D eigenvalue weighted by molar-refractivity contribution is -0.145. The van der Waals surface area contributed by atoms with Crippen LogP contribution in [0.1, 0.15) is 51.0 Å². The smallest absolute Gasteiger partial charge is 0.331 e. The van der Waals surface area contributed by atoms with E-state index in [1.807, 2.05) is 0 Å². The van der Waals surface area contributed by atoms with Crippen molar-refractivity contribution in [3.05, 3.63) is 29.8 Å². The number of aromatic hydroxyl groups is 1. The van der Waals surface area contributed by atoms with E-state index in [4.69, 9.17) is 9.47 Å². The molecular weight excluding hydrogens is 382 g/mol. The van der Waals surface area contributed by atoms with E-state index in [-0.39, 0.29) is 29.7 Å². The van der Waals surface area contributed by atoms with Crippen LogP contribution in [0.5, 0.6) is 11.5 Å². The Kier molecular flexibility index (Phi) is 5.76. The van der Waals surface area contributed by atoms with E-state index in [2.05, 4.69) is 12.2 Å². The average Bonchev–Trinajstić information content (AvgIpc) is 2.70. The normalized spacial score (nSPS) is 30.3. The molecule has 0 aromatic heterocycles. The van der Waals surface area contributed by atoms with Gasteiger partial charge >= 0.3 is 5.97 Å². The minimum atomic E-state index is -0.584. The van der Waals surface area contributed by atoms with Crippen molar-refractivity contribution in [3.8, 4) is 11.5 Å². The monoisotopic (exact) mass is 413 g/mol. The Hall–Kier alpha value is -2.50. The summed E-state index contributed by atoms with van der Waals surface area (Å²) < 4.78 is 10.1. The van der Waals surface area contributed by atoms with Gasteiger partial charge in [0.25, 0.3) is 5.91 Å². The molecule has 30 heavy (non-hydrogen) atoms. The topological polar surface area (TPSA) is 84.9 Å². The lowest BCUT2D eigenvalue weighted by atomic mass is 9.48. The number of carbonyl (C=O) groups is 2. The van der Waals surface area contributed by atoms with Crippen LogP contribution in [0, 0.1) is 23.2 Å². The standard InChI is InChI=1S/C24H31NO5/c1-15(24-11-17-7-18(12-24)9-19(8-17)13-24)25-22(27)14-30-23(28)6-4-16-3-5-20(26)21(10-16)29-2/h3-6,10,15,17-19,26H,7-9,11-14H2,1-2H3,(H,25,27)/b6-4+/t15-,17?,18?,19?,24?/m1/s1. The van der Waals surface area contributed by atoms with Crippen LogP contribution in [-0.2, 0) is 14.3 Å². The Morgan fingerprint density at radius 3 is 2.43 bits per heavy atom. The van der Waals surface area contributed by atoms with Gasteiger partial charge < -0.3 is 19.9 Å². The molecule has 1 atom stereocenters. The second kappa shape index (κ2) is 8.32. The third-order valence-corrected chi connectivity index (χ3v) is 7.34. The van der Waals surface area contributed by atoms with Gasteiger partial charge in [-0.25, -0.2) is 4.79 Å². The Labute approximate surface area is 177 Å². The fraction of sp³-hybridized carbons (Fsp3) is 0.583. The van der Waals surface area contributed by atoms with Crippen LogP contribution in [0.3, 0.4) is 0 Å². The molecule has 2 N–H and O–H groups in total. The van der Waals surface area contributed by atoms with Gasteiger partial charge in [0, 0.05) is 12.1 Å². The molecule has 5 rings (SSSR count). The molecule has 6 heteroatoms. The third kappa shape index (κ3) is 4.32. The number of benzene rings is 1. The van der Waals surface area contributed by atoms with Crippen molar-refractivity contribution >= 4 is 18.0 Å². The predicted octanol–water partition coefficient (Wildman–Crippen LogP) is 3.68. The van der Waals surface area contributed by atoms with E-state index in [1.165, 1.54) is 57.8 Å². The number of carbonyl (C=O) groups excluding carboxylic acids is 2. The number of phenols is 1. The van der Waals surface area contributed by atoms with E-state index >= 15 is 0 Å². The van der Waals surface area contributed by atoms with Gasteiger partial charge in [-0.1, -0.05) is 6.07 Å². The summed E-state index contributed by atoms with van der Waals surface area (Å²) in [4.78, 5) is 24.4. The van der Waals surface area contributed by atoms with Crippen LogP contribution >= 0.6 is 0 Å². The minimum Gasteiger partial charge on any atom is -0.504 e. The molecule has 4 bridgehead atoms. The summed E-state index contributed by atoms with van der Waals surface area (Å²) >= 11 is 0. The molecule has 1 aromatic carbocycles. The zero-order valence-corrected chi connectivity index (χ0v) is 17.7. The van der Waals surface area contributed by atoms with E-state index < -0.39 is 5.97 Å². The Balaban J connectivity index is 1.26. The Morgan fingerprint density at radius 1 is 1.20 bits per heavy atom. The molecule has 1 aromatic rings. The molecular formula is C24H31NO5. The molecule has 4 fully saturated rings. The Morgan fingerprint density at radius 2 is 1.83 bits per heavy atom. The molecule has 0 aliphatic heterocycles. The van der Waals surface area contributed by atoms with E-state index in [9.17, 15) is 14.7 Å². The van der Waals surface area contributed by atoms with Gasteiger partial charge in [0.2, 0.25) is 0 Å². The molecule has 6 nitrogen and oxygen atoms in total. The number of phenolic OH excluding ortho intramolecular Hbond substituents is 1. The summed E-state index contributed by atoms with van der Waals surface area (Å²) in [6.07, 6.45) is 10.6. The van der Waals surface area contributed by atoms with Crippen molar-refractivity contribution in [2.45, 2.75) is 51.5 Å². The maximum atomic E-state index is 12.4. The molecule has 0 spiro atoms. The predicted molar refractivity (Wildman–Crippen MR) is 113 cm³/mol. The van der Waals surface area contributed by atoms with Gasteiger partial charge in [-0.05, 0) is 92.4 Å². The van der Waals surface area contributed by atoms with Crippen LogP contribution in [-0.4, -0.2) is 36.7 Å². The first-order valence-corrected chi connectivity index (χ1v) is 10.9. The number of hydrogen-bond acceptors (Lipinski definition) is 5. The van der Waals surface area contributed by atoms with Crippen molar-refractivity contribution in [3.63, 3.8) is 0 Å². The molecule has 0 radical (unpaired) electrons. The summed E-state index contributed by atoms with van der Waals surface area (Å²) in [7, 11) is 1.46. The van der Waals surface area contributed by atoms with Crippen molar-refractivity contribution in [2.24, 2.45) is 23.2 Å². The van der Waals surface area contributed by atoms with Crippen molar-refractivity contribution in [1.82, 2.24) is 5.32 Å². The molecule has 4 saturated carbocycles. The molecule has 4 aliphatic rings. The average molecular weight is 414 g/mol. The number of rotatable bonds is 7. The number of amides is 1. The van der Waals surface area contributed by atoms with Crippen LogP contribution in [0.2, 0.25) is 0 Å².